The van der Waals surface area contributed by atoms with Gasteiger partial charge >= 0.3 is 0 Å². The molecule has 1 aliphatic rings. The molecule has 0 saturated carbocycles. The highest BCUT2D eigenvalue weighted by molar-refractivity contribution is 6.30. The number of hydrogen-bond acceptors (Lipinski definition) is 3. The maximum absolute atomic E-state index is 12.9. The molecule has 128 valence electrons. The number of amides is 1. The molecule has 0 unspecified atom stereocenters. The van der Waals surface area contributed by atoms with E-state index in [0.29, 0.717) is 36.5 Å². The number of rotatable bonds is 3. The summed E-state index contributed by atoms with van der Waals surface area (Å²) in [4.78, 5) is 14.7. The summed E-state index contributed by atoms with van der Waals surface area (Å²) in [5.41, 5.74) is 2.42. The summed E-state index contributed by atoms with van der Waals surface area (Å²) in [5.74, 6) is 0.142. The first-order valence-electron chi connectivity index (χ1n) is 8.28. The van der Waals surface area contributed by atoms with E-state index in [2.05, 4.69) is 18.9 Å². The normalized spacial score (nSPS) is 16.0. The minimum absolute atomic E-state index is 0.00851. The van der Waals surface area contributed by atoms with E-state index in [4.69, 9.17) is 11.6 Å². The lowest BCUT2D eigenvalue weighted by Gasteiger charge is -2.29. The molecule has 1 fully saturated rings. The van der Waals surface area contributed by atoms with E-state index >= 15 is 0 Å². The Kier molecular flexibility index (Phi) is 4.92. The fraction of sp³-hybridized carbons (Fsp3) is 0.444. The number of piperidine rings is 1. The topological polar surface area (TPSA) is 58.4 Å². The number of carbonyl (C=O) groups excluding carboxylic acids is 1. The third-order valence-corrected chi connectivity index (χ3v) is 4.66. The van der Waals surface area contributed by atoms with Crippen LogP contribution >= 0.6 is 11.6 Å². The maximum Gasteiger partial charge on any atom is 0.257 e. The van der Waals surface area contributed by atoms with Crippen molar-refractivity contribution in [3.63, 3.8) is 0 Å². The van der Waals surface area contributed by atoms with Crippen molar-refractivity contribution in [2.75, 3.05) is 13.1 Å². The van der Waals surface area contributed by atoms with Crippen LogP contribution in [0.15, 0.2) is 30.5 Å². The molecule has 0 bridgehead atoms. The molecular formula is C18H22ClN3O2. The van der Waals surface area contributed by atoms with Gasteiger partial charge in [0, 0.05) is 18.1 Å². The first-order chi connectivity index (χ1) is 11.5. The number of aliphatic hydroxyl groups excluding tert-OH is 1. The Balaban J connectivity index is 1.94. The van der Waals surface area contributed by atoms with E-state index in [-0.39, 0.29) is 17.9 Å². The molecule has 0 atom stereocenters. The number of hydrogen-bond donors (Lipinski definition) is 1. The lowest BCUT2D eigenvalue weighted by Crippen LogP contribution is -2.40. The number of benzene rings is 1. The molecule has 0 radical (unpaired) electrons. The molecular weight excluding hydrogens is 326 g/mol. The molecule has 1 aromatic carbocycles. The standard InChI is InChI=1S/C18H22ClN3O2/c1-12(2)17-16(18(24)21-9-7-15(23)8-10-21)11-20-22(17)14-5-3-13(19)4-6-14/h3-6,11-12,15,23H,7-10H2,1-2H3. The summed E-state index contributed by atoms with van der Waals surface area (Å²) in [6.07, 6.45) is 2.62. The highest BCUT2D eigenvalue weighted by Crippen LogP contribution is 2.26. The van der Waals surface area contributed by atoms with Crippen LogP contribution in [0.2, 0.25) is 5.02 Å². The molecule has 2 aromatic rings. The molecule has 0 aliphatic carbocycles. The number of halogens is 1. The molecule has 2 heterocycles. The first-order valence-corrected chi connectivity index (χ1v) is 8.66. The molecule has 1 saturated heterocycles. The monoisotopic (exact) mass is 347 g/mol. The van der Waals surface area contributed by atoms with Gasteiger partial charge in [-0.2, -0.15) is 5.10 Å². The molecule has 3 rings (SSSR count). The van der Waals surface area contributed by atoms with Crippen molar-refractivity contribution in [1.82, 2.24) is 14.7 Å². The predicted octanol–water partition coefficient (Wildman–Crippen LogP) is 3.25. The highest BCUT2D eigenvalue weighted by atomic mass is 35.5. The van der Waals surface area contributed by atoms with Gasteiger partial charge < -0.3 is 10.0 Å². The van der Waals surface area contributed by atoms with Crippen molar-refractivity contribution < 1.29 is 9.90 Å². The molecule has 0 spiro atoms. The number of aliphatic hydroxyl groups is 1. The van der Waals surface area contributed by atoms with Gasteiger partial charge in [-0.25, -0.2) is 4.68 Å². The third kappa shape index (κ3) is 3.32. The lowest BCUT2D eigenvalue weighted by atomic mass is 10.0. The van der Waals surface area contributed by atoms with Gasteiger partial charge in [0.15, 0.2) is 0 Å². The van der Waals surface area contributed by atoms with Gasteiger partial charge in [-0.1, -0.05) is 25.4 Å². The quantitative estimate of drug-likeness (QED) is 0.927. The van der Waals surface area contributed by atoms with Crippen LogP contribution in [0.3, 0.4) is 0 Å². The second kappa shape index (κ2) is 6.95. The zero-order valence-electron chi connectivity index (χ0n) is 13.9. The van der Waals surface area contributed by atoms with Gasteiger partial charge in [-0.15, -0.1) is 0 Å². The smallest absolute Gasteiger partial charge is 0.257 e. The SMILES string of the molecule is CC(C)c1c(C(=O)N2CCC(O)CC2)cnn1-c1ccc(Cl)cc1. The molecule has 1 aromatic heterocycles. The zero-order valence-corrected chi connectivity index (χ0v) is 14.7. The molecule has 1 N–H and O–H groups in total. The second-order valence-corrected chi connectivity index (χ2v) is 6.95. The molecule has 24 heavy (non-hydrogen) atoms. The summed E-state index contributed by atoms with van der Waals surface area (Å²) in [6.45, 7) is 5.29. The van der Waals surface area contributed by atoms with Crippen LogP contribution in [0, 0.1) is 0 Å². The fourth-order valence-corrected chi connectivity index (χ4v) is 3.23. The minimum atomic E-state index is -0.296. The Hall–Kier alpha value is -1.85. The molecule has 6 heteroatoms. The van der Waals surface area contributed by atoms with E-state index in [1.807, 2.05) is 33.8 Å². The van der Waals surface area contributed by atoms with Gasteiger partial charge in [0.1, 0.15) is 0 Å². The van der Waals surface area contributed by atoms with Crippen molar-refractivity contribution >= 4 is 17.5 Å². The van der Waals surface area contributed by atoms with Gasteiger partial charge in [-0.3, -0.25) is 4.79 Å². The summed E-state index contributed by atoms with van der Waals surface area (Å²) in [7, 11) is 0. The number of aromatic nitrogens is 2. The van der Waals surface area contributed by atoms with Gasteiger partial charge in [-0.05, 0) is 43.0 Å². The Morgan fingerprint density at radius 3 is 2.46 bits per heavy atom. The van der Waals surface area contributed by atoms with Crippen LogP contribution < -0.4 is 0 Å². The van der Waals surface area contributed by atoms with Crippen molar-refractivity contribution in [3.05, 3.63) is 46.7 Å². The molecule has 1 aliphatic heterocycles. The van der Waals surface area contributed by atoms with Crippen molar-refractivity contribution in [3.8, 4) is 5.69 Å². The first kappa shape index (κ1) is 17.0. The summed E-state index contributed by atoms with van der Waals surface area (Å²) in [6, 6.07) is 7.42. The summed E-state index contributed by atoms with van der Waals surface area (Å²) in [5, 5.41) is 14.7. The van der Waals surface area contributed by atoms with Gasteiger partial charge in [0.05, 0.1) is 29.2 Å². The summed E-state index contributed by atoms with van der Waals surface area (Å²) < 4.78 is 1.81. The maximum atomic E-state index is 12.9. The van der Waals surface area contributed by atoms with Crippen LogP contribution in [0.5, 0.6) is 0 Å². The lowest BCUT2D eigenvalue weighted by molar-refractivity contribution is 0.0545. The van der Waals surface area contributed by atoms with Crippen LogP contribution in [-0.4, -0.2) is 44.9 Å². The average Bonchev–Trinajstić information content (AvgIpc) is 3.01. The van der Waals surface area contributed by atoms with Crippen LogP contribution in [0.4, 0.5) is 0 Å². The van der Waals surface area contributed by atoms with Crippen molar-refractivity contribution in [2.24, 2.45) is 0 Å². The van der Waals surface area contributed by atoms with E-state index in [1.165, 1.54) is 0 Å². The zero-order chi connectivity index (χ0) is 17.3. The Morgan fingerprint density at radius 2 is 1.88 bits per heavy atom. The van der Waals surface area contributed by atoms with Crippen molar-refractivity contribution in [1.29, 1.82) is 0 Å². The highest BCUT2D eigenvalue weighted by Gasteiger charge is 2.27. The Morgan fingerprint density at radius 1 is 1.25 bits per heavy atom. The largest absolute Gasteiger partial charge is 0.393 e. The summed E-state index contributed by atoms with van der Waals surface area (Å²) >= 11 is 5.96. The van der Waals surface area contributed by atoms with Crippen LogP contribution in [0.1, 0.15) is 48.7 Å². The second-order valence-electron chi connectivity index (χ2n) is 6.51. The van der Waals surface area contributed by atoms with Crippen LogP contribution in [-0.2, 0) is 0 Å². The molecule has 1 amide bonds. The molecule has 5 nitrogen and oxygen atoms in total. The van der Waals surface area contributed by atoms with E-state index < -0.39 is 0 Å². The minimum Gasteiger partial charge on any atom is -0.393 e. The number of likely N-dealkylation sites (tertiary alicyclic amines) is 1. The van der Waals surface area contributed by atoms with E-state index in [0.717, 1.165) is 11.4 Å². The van der Waals surface area contributed by atoms with Crippen molar-refractivity contribution in [2.45, 2.75) is 38.7 Å². The number of carbonyl (C=O) groups is 1. The van der Waals surface area contributed by atoms with Crippen LogP contribution in [0.25, 0.3) is 5.69 Å². The van der Waals surface area contributed by atoms with Gasteiger partial charge in [0.2, 0.25) is 0 Å². The average molecular weight is 348 g/mol. The van der Waals surface area contributed by atoms with E-state index in [1.54, 1.807) is 6.20 Å². The Labute approximate surface area is 146 Å². The van der Waals surface area contributed by atoms with Gasteiger partial charge in [0.25, 0.3) is 5.91 Å². The van der Waals surface area contributed by atoms with E-state index in [9.17, 15) is 9.90 Å². The third-order valence-electron chi connectivity index (χ3n) is 4.41. The Bertz CT molecular complexity index is 716. The fourth-order valence-electron chi connectivity index (χ4n) is 3.11. The number of nitrogens with zero attached hydrogens (tertiary/aromatic N) is 3. The predicted molar refractivity (Wildman–Crippen MR) is 93.8 cm³/mol.